The second-order valence-corrected chi connectivity index (χ2v) is 5.55. The van der Waals surface area contributed by atoms with Crippen molar-refractivity contribution in [1.29, 1.82) is 0 Å². The molecule has 0 aliphatic rings. The van der Waals surface area contributed by atoms with E-state index >= 15 is 0 Å². The van der Waals surface area contributed by atoms with Gasteiger partial charge < -0.3 is 10.5 Å². The van der Waals surface area contributed by atoms with E-state index in [9.17, 15) is 8.78 Å². The fraction of sp³-hybridized carbons (Fsp3) is 0.0769. The van der Waals surface area contributed by atoms with Gasteiger partial charge in [0, 0.05) is 16.2 Å². The summed E-state index contributed by atoms with van der Waals surface area (Å²) in [5.41, 5.74) is 7.09. The largest absolute Gasteiger partial charge is 0.485 e. The molecule has 0 heterocycles. The van der Waals surface area contributed by atoms with Crippen molar-refractivity contribution < 1.29 is 13.5 Å². The van der Waals surface area contributed by atoms with Crippen LogP contribution in [0.4, 0.5) is 14.5 Å². The zero-order valence-corrected chi connectivity index (χ0v) is 12.8. The smallest absolute Gasteiger partial charge is 0.169 e. The van der Waals surface area contributed by atoms with Crippen LogP contribution in [0.3, 0.4) is 0 Å². The molecule has 2 nitrogen and oxygen atoms in total. The van der Waals surface area contributed by atoms with Gasteiger partial charge in [0.1, 0.15) is 12.4 Å². The molecule has 0 fully saturated rings. The van der Waals surface area contributed by atoms with Gasteiger partial charge in [-0.05, 0) is 55.6 Å². The summed E-state index contributed by atoms with van der Waals surface area (Å²) in [7, 11) is 0. The van der Waals surface area contributed by atoms with Gasteiger partial charge in [-0.3, -0.25) is 0 Å². The summed E-state index contributed by atoms with van der Waals surface area (Å²) in [6.45, 7) is 0.138. The van der Waals surface area contributed by atoms with Crippen LogP contribution in [0.25, 0.3) is 0 Å². The van der Waals surface area contributed by atoms with E-state index in [1.54, 1.807) is 18.2 Å². The van der Waals surface area contributed by atoms with Crippen LogP contribution in [0.1, 0.15) is 5.56 Å². The van der Waals surface area contributed by atoms with Gasteiger partial charge in [0.25, 0.3) is 0 Å². The highest BCUT2D eigenvalue weighted by molar-refractivity contribution is 9.11. The number of hydrogen-bond acceptors (Lipinski definition) is 2. The Balaban J connectivity index is 2.16. The van der Waals surface area contributed by atoms with E-state index in [1.165, 1.54) is 0 Å². The maximum absolute atomic E-state index is 13.5. The topological polar surface area (TPSA) is 35.2 Å². The lowest BCUT2D eigenvalue weighted by Gasteiger charge is -2.10. The summed E-state index contributed by atoms with van der Waals surface area (Å²) in [4.78, 5) is 0. The van der Waals surface area contributed by atoms with Crippen LogP contribution in [0.15, 0.2) is 39.3 Å². The average Bonchev–Trinajstić information content (AvgIpc) is 2.32. The molecule has 0 aromatic heterocycles. The van der Waals surface area contributed by atoms with E-state index in [-0.39, 0.29) is 16.8 Å². The maximum Gasteiger partial charge on any atom is 0.169 e. The molecule has 19 heavy (non-hydrogen) atoms. The predicted molar refractivity (Wildman–Crippen MR) is 76.9 cm³/mol. The molecule has 2 aromatic carbocycles. The first-order chi connectivity index (χ1) is 8.97. The lowest BCUT2D eigenvalue weighted by molar-refractivity contribution is 0.287. The molecule has 2 aromatic rings. The first-order valence-electron chi connectivity index (χ1n) is 5.28. The Morgan fingerprint density at radius 1 is 1.05 bits per heavy atom. The highest BCUT2D eigenvalue weighted by Gasteiger charge is 2.11. The molecule has 0 saturated carbocycles. The maximum atomic E-state index is 13.5. The van der Waals surface area contributed by atoms with Crippen LogP contribution in [0.2, 0.25) is 0 Å². The second-order valence-electron chi connectivity index (χ2n) is 3.84. The molecule has 2 rings (SSSR count). The number of rotatable bonds is 3. The van der Waals surface area contributed by atoms with Gasteiger partial charge in [0.05, 0.1) is 4.47 Å². The molecule has 0 saturated heterocycles. The Morgan fingerprint density at radius 3 is 2.42 bits per heavy atom. The molecule has 2 N–H and O–H groups in total. The summed E-state index contributed by atoms with van der Waals surface area (Å²) in [5.74, 6) is -1.44. The van der Waals surface area contributed by atoms with E-state index in [0.717, 1.165) is 22.2 Å². The van der Waals surface area contributed by atoms with Crippen molar-refractivity contribution in [2.24, 2.45) is 0 Å². The molecule has 0 bridgehead atoms. The number of halogens is 4. The van der Waals surface area contributed by atoms with Crippen LogP contribution < -0.4 is 10.5 Å². The van der Waals surface area contributed by atoms with Crippen molar-refractivity contribution >= 4 is 37.5 Å². The molecule has 100 valence electrons. The Kier molecular flexibility index (Phi) is 4.42. The van der Waals surface area contributed by atoms with E-state index in [0.29, 0.717) is 5.69 Å². The zero-order chi connectivity index (χ0) is 14.0. The van der Waals surface area contributed by atoms with Gasteiger partial charge in [-0.2, -0.15) is 0 Å². The van der Waals surface area contributed by atoms with Crippen molar-refractivity contribution in [3.63, 3.8) is 0 Å². The third kappa shape index (κ3) is 3.45. The van der Waals surface area contributed by atoms with E-state index in [2.05, 4.69) is 31.9 Å². The quantitative estimate of drug-likeness (QED) is 0.771. The van der Waals surface area contributed by atoms with Gasteiger partial charge in [-0.25, -0.2) is 8.78 Å². The van der Waals surface area contributed by atoms with Gasteiger partial charge in [-0.15, -0.1) is 0 Å². The third-order valence-corrected chi connectivity index (χ3v) is 3.72. The van der Waals surface area contributed by atoms with Crippen molar-refractivity contribution in [2.75, 3.05) is 5.73 Å². The minimum Gasteiger partial charge on any atom is -0.485 e. The fourth-order valence-electron chi connectivity index (χ4n) is 1.51. The molecular weight excluding hydrogens is 384 g/mol. The number of ether oxygens (including phenoxy) is 1. The number of nitrogen functional groups attached to an aromatic ring is 1. The average molecular weight is 393 g/mol. The van der Waals surface area contributed by atoms with Crippen molar-refractivity contribution in [3.8, 4) is 5.75 Å². The monoisotopic (exact) mass is 391 g/mol. The molecular formula is C13H9Br2F2NO. The Bertz CT molecular complexity index is 597. The van der Waals surface area contributed by atoms with Gasteiger partial charge in [0.15, 0.2) is 11.6 Å². The van der Waals surface area contributed by atoms with Crippen LogP contribution in [-0.2, 0) is 6.61 Å². The van der Waals surface area contributed by atoms with Crippen LogP contribution in [0.5, 0.6) is 5.75 Å². The van der Waals surface area contributed by atoms with Gasteiger partial charge in [-0.1, -0.05) is 6.07 Å². The summed E-state index contributed by atoms with van der Waals surface area (Å²) in [6.07, 6.45) is 0. The molecule has 6 heteroatoms. The summed E-state index contributed by atoms with van der Waals surface area (Å²) in [6, 6.07) is 7.23. The van der Waals surface area contributed by atoms with Crippen molar-refractivity contribution in [3.05, 3.63) is 56.5 Å². The molecule has 0 aliphatic carbocycles. The molecule has 0 radical (unpaired) electrons. The lowest BCUT2D eigenvalue weighted by Crippen LogP contribution is -2.00. The SMILES string of the molecule is Nc1cc(COc2c(F)cc(F)cc2Br)ccc1Br. The number of anilines is 1. The standard InChI is InChI=1S/C13H9Br2F2NO/c14-9-2-1-7(3-12(9)18)6-19-13-10(15)4-8(16)5-11(13)17/h1-5H,6,18H2. The first-order valence-corrected chi connectivity index (χ1v) is 6.87. The Hall–Kier alpha value is -1.14. The normalized spacial score (nSPS) is 10.5. The van der Waals surface area contributed by atoms with Gasteiger partial charge >= 0.3 is 0 Å². The minimum absolute atomic E-state index is 0.0251. The van der Waals surface area contributed by atoms with Crippen LogP contribution >= 0.6 is 31.9 Å². The fourth-order valence-corrected chi connectivity index (χ4v) is 2.27. The number of hydrogen-bond donors (Lipinski definition) is 1. The van der Waals surface area contributed by atoms with E-state index < -0.39 is 11.6 Å². The predicted octanol–water partition coefficient (Wildman–Crippen LogP) is 4.65. The molecule has 0 unspecified atom stereocenters. The summed E-state index contributed by atoms with van der Waals surface area (Å²) in [5, 5.41) is 0. The Morgan fingerprint density at radius 2 is 1.79 bits per heavy atom. The molecule has 0 aliphatic heterocycles. The first kappa shape index (κ1) is 14.3. The molecule has 0 spiro atoms. The molecule has 0 atom stereocenters. The highest BCUT2D eigenvalue weighted by Crippen LogP contribution is 2.30. The number of benzene rings is 2. The van der Waals surface area contributed by atoms with E-state index in [1.807, 2.05) is 0 Å². The highest BCUT2D eigenvalue weighted by atomic mass is 79.9. The Labute approximate surface area is 125 Å². The minimum atomic E-state index is -0.753. The zero-order valence-electron chi connectivity index (χ0n) is 9.59. The number of nitrogens with two attached hydrogens (primary N) is 1. The lowest BCUT2D eigenvalue weighted by atomic mass is 10.2. The molecule has 0 amide bonds. The summed E-state index contributed by atoms with van der Waals surface area (Å²) < 4.78 is 32.8. The third-order valence-electron chi connectivity index (χ3n) is 2.41. The van der Waals surface area contributed by atoms with Crippen LogP contribution in [-0.4, -0.2) is 0 Å². The van der Waals surface area contributed by atoms with Crippen molar-refractivity contribution in [2.45, 2.75) is 6.61 Å². The second kappa shape index (κ2) is 5.88. The van der Waals surface area contributed by atoms with E-state index in [4.69, 9.17) is 10.5 Å². The van der Waals surface area contributed by atoms with Crippen molar-refractivity contribution in [1.82, 2.24) is 0 Å². The summed E-state index contributed by atoms with van der Waals surface area (Å²) >= 11 is 6.34. The van der Waals surface area contributed by atoms with Crippen LogP contribution in [0, 0.1) is 11.6 Å². The van der Waals surface area contributed by atoms with Gasteiger partial charge in [0.2, 0.25) is 0 Å².